The number of aromatic nitrogens is 2. The highest BCUT2D eigenvalue weighted by molar-refractivity contribution is 9.10. The van der Waals surface area contributed by atoms with E-state index in [1.165, 1.54) is 19.3 Å². The molecule has 0 bridgehead atoms. The van der Waals surface area contributed by atoms with Gasteiger partial charge >= 0.3 is 0 Å². The summed E-state index contributed by atoms with van der Waals surface area (Å²) in [4.78, 5) is 14.9. The van der Waals surface area contributed by atoms with E-state index in [1.807, 2.05) is 6.92 Å². The maximum Gasteiger partial charge on any atom is 0.291 e. The Bertz CT molecular complexity index is 567. The van der Waals surface area contributed by atoms with Crippen molar-refractivity contribution in [2.75, 3.05) is 18.0 Å². The highest BCUT2D eigenvalue weighted by Crippen LogP contribution is 2.30. The molecule has 0 amide bonds. The maximum atomic E-state index is 12.7. The van der Waals surface area contributed by atoms with Gasteiger partial charge in [-0.05, 0) is 54.0 Å². The Hall–Kier alpha value is -0.880. The van der Waals surface area contributed by atoms with Crippen LogP contribution in [0, 0.1) is 11.8 Å². The lowest BCUT2D eigenvalue weighted by molar-refractivity contribution is 0.261. The Kier molecular flexibility index (Phi) is 4.36. The van der Waals surface area contributed by atoms with Gasteiger partial charge in [0, 0.05) is 25.7 Å². The van der Waals surface area contributed by atoms with Crippen molar-refractivity contribution in [2.24, 2.45) is 17.6 Å². The minimum Gasteiger partial charge on any atom is -0.366 e. The Morgan fingerprint density at radius 2 is 2.24 bits per heavy atom. The molecule has 5 nitrogen and oxygen atoms in total. The van der Waals surface area contributed by atoms with Crippen molar-refractivity contribution in [3.63, 3.8) is 0 Å². The molecule has 2 atom stereocenters. The second kappa shape index (κ2) is 6.08. The first-order valence-corrected chi connectivity index (χ1v) is 8.61. The van der Waals surface area contributed by atoms with Crippen molar-refractivity contribution in [3.05, 3.63) is 21.0 Å². The van der Waals surface area contributed by atoms with Gasteiger partial charge < -0.3 is 10.6 Å². The maximum absolute atomic E-state index is 12.7. The lowest BCUT2D eigenvalue weighted by Crippen LogP contribution is -2.36. The van der Waals surface area contributed by atoms with Gasteiger partial charge in [-0.3, -0.25) is 4.79 Å². The van der Waals surface area contributed by atoms with E-state index in [2.05, 4.69) is 25.9 Å². The van der Waals surface area contributed by atoms with E-state index in [1.54, 1.807) is 10.9 Å². The monoisotopic (exact) mass is 354 g/mol. The zero-order valence-corrected chi connectivity index (χ0v) is 14.1. The van der Waals surface area contributed by atoms with Gasteiger partial charge in [-0.15, -0.1) is 0 Å². The number of nitrogens with two attached hydrogens (primary N) is 1. The molecule has 2 aliphatic rings. The molecular weight excluding hydrogens is 332 g/mol. The van der Waals surface area contributed by atoms with Gasteiger partial charge in [0.15, 0.2) is 0 Å². The summed E-state index contributed by atoms with van der Waals surface area (Å²) in [5.74, 6) is 1.09. The second-order valence-corrected chi connectivity index (χ2v) is 7.33. The standard InChI is InChI=1S/C15H23BrN4O/c1-10(17)12-5-6-19(9-12)14-13(16)7-18-20(15(14)21)8-11-3-2-4-11/h7,10-12H,2-6,8-9,17H2,1H3. The van der Waals surface area contributed by atoms with Crippen LogP contribution < -0.4 is 16.2 Å². The highest BCUT2D eigenvalue weighted by Gasteiger charge is 2.29. The van der Waals surface area contributed by atoms with Gasteiger partial charge in [-0.1, -0.05) is 6.42 Å². The molecule has 1 aliphatic heterocycles. The number of anilines is 1. The smallest absolute Gasteiger partial charge is 0.291 e. The lowest BCUT2D eigenvalue weighted by atomic mass is 9.85. The summed E-state index contributed by atoms with van der Waals surface area (Å²) in [6, 6.07) is 0.174. The molecule has 1 aromatic heterocycles. The summed E-state index contributed by atoms with van der Waals surface area (Å²) in [6.07, 6.45) is 6.53. The third kappa shape index (κ3) is 3.01. The van der Waals surface area contributed by atoms with Gasteiger partial charge in [0.25, 0.3) is 5.56 Å². The molecule has 1 aliphatic carbocycles. The molecule has 2 heterocycles. The average molecular weight is 355 g/mol. The largest absolute Gasteiger partial charge is 0.366 e. The number of hydrogen-bond donors (Lipinski definition) is 1. The van der Waals surface area contributed by atoms with E-state index in [4.69, 9.17) is 5.73 Å². The minimum atomic E-state index is 0.0293. The third-order valence-electron chi connectivity index (χ3n) is 4.91. The molecule has 1 aromatic rings. The average Bonchev–Trinajstić information content (AvgIpc) is 2.85. The third-order valence-corrected chi connectivity index (χ3v) is 5.49. The van der Waals surface area contributed by atoms with E-state index in [0.717, 1.165) is 36.2 Å². The molecule has 0 spiro atoms. The van der Waals surface area contributed by atoms with Crippen LogP contribution in [0.1, 0.15) is 32.6 Å². The van der Waals surface area contributed by atoms with Crippen molar-refractivity contribution in [3.8, 4) is 0 Å². The molecule has 2 N–H and O–H groups in total. The van der Waals surface area contributed by atoms with Crippen LogP contribution in [0.3, 0.4) is 0 Å². The molecule has 2 unspecified atom stereocenters. The normalized spacial score (nSPS) is 24.1. The minimum absolute atomic E-state index is 0.0293. The van der Waals surface area contributed by atoms with Crippen LogP contribution >= 0.6 is 15.9 Å². The lowest BCUT2D eigenvalue weighted by Gasteiger charge is -2.26. The Morgan fingerprint density at radius 3 is 2.81 bits per heavy atom. The SMILES string of the molecule is CC(N)C1CCN(c2c(Br)cnn(CC3CCC3)c2=O)C1. The fourth-order valence-electron chi connectivity index (χ4n) is 3.21. The Balaban J connectivity index is 1.84. The Labute approximate surface area is 133 Å². The predicted octanol–water partition coefficient (Wildman–Crippen LogP) is 1.98. The first-order valence-electron chi connectivity index (χ1n) is 7.82. The molecule has 0 aromatic carbocycles. The quantitative estimate of drug-likeness (QED) is 0.897. The number of nitrogens with zero attached hydrogens (tertiary/aromatic N) is 3. The molecule has 1 saturated carbocycles. The van der Waals surface area contributed by atoms with Crippen LogP contribution in [0.25, 0.3) is 0 Å². The Morgan fingerprint density at radius 1 is 1.48 bits per heavy atom. The van der Waals surface area contributed by atoms with Crippen molar-refractivity contribution < 1.29 is 0 Å². The molecular formula is C15H23BrN4O. The summed E-state index contributed by atoms with van der Waals surface area (Å²) in [5, 5.41) is 4.29. The molecule has 3 rings (SSSR count). The summed E-state index contributed by atoms with van der Waals surface area (Å²) < 4.78 is 2.44. The predicted molar refractivity (Wildman–Crippen MR) is 87.5 cm³/mol. The molecule has 2 fully saturated rings. The van der Waals surface area contributed by atoms with Crippen LogP contribution in [-0.4, -0.2) is 28.9 Å². The van der Waals surface area contributed by atoms with Gasteiger partial charge in [0.2, 0.25) is 0 Å². The molecule has 6 heteroatoms. The summed E-state index contributed by atoms with van der Waals surface area (Å²) in [6.45, 7) is 4.56. The van der Waals surface area contributed by atoms with E-state index < -0.39 is 0 Å². The summed E-state index contributed by atoms with van der Waals surface area (Å²) in [7, 11) is 0. The molecule has 0 radical (unpaired) electrons. The topological polar surface area (TPSA) is 64.2 Å². The second-order valence-electron chi connectivity index (χ2n) is 6.48. The van der Waals surface area contributed by atoms with E-state index in [0.29, 0.717) is 11.8 Å². The van der Waals surface area contributed by atoms with Crippen LogP contribution in [-0.2, 0) is 6.54 Å². The van der Waals surface area contributed by atoms with Crippen LogP contribution in [0.4, 0.5) is 5.69 Å². The summed E-state index contributed by atoms with van der Waals surface area (Å²) in [5.41, 5.74) is 6.79. The number of rotatable bonds is 4. The van der Waals surface area contributed by atoms with Crippen molar-refractivity contribution in [1.29, 1.82) is 0 Å². The summed E-state index contributed by atoms with van der Waals surface area (Å²) >= 11 is 3.50. The fraction of sp³-hybridized carbons (Fsp3) is 0.733. The van der Waals surface area contributed by atoms with E-state index >= 15 is 0 Å². The zero-order chi connectivity index (χ0) is 15.0. The van der Waals surface area contributed by atoms with Gasteiger partial charge in [-0.2, -0.15) is 5.10 Å². The van der Waals surface area contributed by atoms with E-state index in [-0.39, 0.29) is 11.6 Å². The number of halogens is 1. The number of hydrogen-bond acceptors (Lipinski definition) is 4. The van der Waals surface area contributed by atoms with Crippen molar-refractivity contribution in [1.82, 2.24) is 9.78 Å². The van der Waals surface area contributed by atoms with Gasteiger partial charge in [-0.25, -0.2) is 4.68 Å². The zero-order valence-electron chi connectivity index (χ0n) is 12.5. The fourth-order valence-corrected chi connectivity index (χ4v) is 3.73. The molecule has 1 saturated heterocycles. The van der Waals surface area contributed by atoms with Crippen LogP contribution in [0.15, 0.2) is 15.5 Å². The van der Waals surface area contributed by atoms with Crippen LogP contribution in [0.2, 0.25) is 0 Å². The van der Waals surface area contributed by atoms with E-state index in [9.17, 15) is 4.79 Å². The van der Waals surface area contributed by atoms with Gasteiger partial charge in [0.1, 0.15) is 5.69 Å². The molecule has 116 valence electrons. The van der Waals surface area contributed by atoms with Crippen molar-refractivity contribution >= 4 is 21.6 Å². The highest BCUT2D eigenvalue weighted by atomic mass is 79.9. The first-order chi connectivity index (χ1) is 10.1. The van der Waals surface area contributed by atoms with Gasteiger partial charge in [0.05, 0.1) is 10.7 Å². The molecule has 21 heavy (non-hydrogen) atoms. The van der Waals surface area contributed by atoms with Crippen LogP contribution in [0.5, 0.6) is 0 Å². The van der Waals surface area contributed by atoms with Crippen molar-refractivity contribution in [2.45, 2.75) is 45.2 Å². The first kappa shape index (κ1) is 15.0.